The summed E-state index contributed by atoms with van der Waals surface area (Å²) in [7, 11) is 3.74. The van der Waals surface area contributed by atoms with E-state index in [9.17, 15) is 14.0 Å². The molecule has 0 spiro atoms. The second-order valence-electron chi connectivity index (χ2n) is 7.02. The van der Waals surface area contributed by atoms with Crippen molar-refractivity contribution in [3.05, 3.63) is 75.0 Å². The lowest BCUT2D eigenvalue weighted by molar-refractivity contribution is -0.121. The van der Waals surface area contributed by atoms with Crippen LogP contribution < -0.4 is 10.9 Å². The van der Waals surface area contributed by atoms with E-state index in [4.69, 9.17) is 12.2 Å². The second kappa shape index (κ2) is 9.11. The molecule has 0 bridgehead atoms. The minimum atomic E-state index is -0.314. The Morgan fingerprint density at radius 2 is 2.00 bits per heavy atom. The van der Waals surface area contributed by atoms with Crippen molar-refractivity contribution in [2.75, 3.05) is 20.6 Å². The molecule has 0 saturated carbocycles. The molecule has 1 heterocycles. The summed E-state index contributed by atoms with van der Waals surface area (Å²) in [4.78, 5) is 29.9. The Morgan fingerprint density at radius 1 is 1.24 bits per heavy atom. The Balaban J connectivity index is 1.66. The smallest absolute Gasteiger partial charge is 0.262 e. The maximum absolute atomic E-state index is 13.5. The molecule has 1 aromatic heterocycles. The largest absolute Gasteiger partial charge is 0.354 e. The fraction of sp³-hybridized carbons (Fsp3) is 0.286. The molecule has 1 atom stereocenters. The van der Waals surface area contributed by atoms with Gasteiger partial charge >= 0.3 is 0 Å². The first-order valence-corrected chi connectivity index (χ1v) is 9.68. The number of para-hydroxylation sites is 1. The van der Waals surface area contributed by atoms with Crippen molar-refractivity contribution in [1.82, 2.24) is 19.8 Å². The van der Waals surface area contributed by atoms with Crippen LogP contribution in [0.25, 0.3) is 10.9 Å². The number of benzene rings is 2. The zero-order chi connectivity index (χ0) is 21.0. The maximum atomic E-state index is 13.5. The molecule has 3 aromatic rings. The molecule has 29 heavy (non-hydrogen) atoms. The van der Waals surface area contributed by atoms with Crippen LogP contribution in [0.15, 0.2) is 53.3 Å². The van der Waals surface area contributed by atoms with E-state index in [0.717, 1.165) is 5.56 Å². The molecule has 0 aliphatic heterocycles. The van der Waals surface area contributed by atoms with E-state index in [-0.39, 0.29) is 41.1 Å². The van der Waals surface area contributed by atoms with Crippen molar-refractivity contribution in [3.8, 4) is 0 Å². The van der Waals surface area contributed by atoms with Crippen molar-refractivity contribution < 1.29 is 9.18 Å². The van der Waals surface area contributed by atoms with E-state index < -0.39 is 0 Å². The predicted molar refractivity (Wildman–Crippen MR) is 114 cm³/mol. The average Bonchev–Trinajstić information content (AvgIpc) is 2.68. The van der Waals surface area contributed by atoms with E-state index in [0.29, 0.717) is 17.4 Å². The minimum Gasteiger partial charge on any atom is -0.354 e. The number of likely N-dealkylation sites (N-methyl/N-ethyl adjacent to an activating group) is 1. The van der Waals surface area contributed by atoms with Gasteiger partial charge in [-0.3, -0.25) is 14.2 Å². The van der Waals surface area contributed by atoms with E-state index in [1.54, 1.807) is 24.3 Å². The minimum absolute atomic E-state index is 0.110. The van der Waals surface area contributed by atoms with E-state index >= 15 is 0 Å². The summed E-state index contributed by atoms with van der Waals surface area (Å²) in [6.45, 7) is 0.506. The van der Waals surface area contributed by atoms with Crippen molar-refractivity contribution in [1.29, 1.82) is 0 Å². The Labute approximate surface area is 173 Å². The van der Waals surface area contributed by atoms with Crippen molar-refractivity contribution in [2.45, 2.75) is 19.0 Å². The number of hydrogen-bond acceptors (Lipinski definition) is 4. The van der Waals surface area contributed by atoms with Gasteiger partial charge in [-0.2, -0.15) is 0 Å². The fourth-order valence-corrected chi connectivity index (χ4v) is 3.51. The summed E-state index contributed by atoms with van der Waals surface area (Å²) >= 11 is 5.27. The highest BCUT2D eigenvalue weighted by atomic mass is 32.1. The molecule has 6 nitrogen and oxygen atoms in total. The third kappa shape index (κ3) is 4.96. The van der Waals surface area contributed by atoms with Gasteiger partial charge in [0.05, 0.1) is 16.9 Å². The molecular formula is C21H23FN4O2S. The van der Waals surface area contributed by atoms with Crippen LogP contribution in [-0.2, 0) is 11.3 Å². The third-order valence-corrected chi connectivity index (χ3v) is 5.12. The molecular weight excluding hydrogens is 391 g/mol. The van der Waals surface area contributed by atoms with Gasteiger partial charge < -0.3 is 15.2 Å². The van der Waals surface area contributed by atoms with Gasteiger partial charge in [-0.15, -0.1) is 0 Å². The lowest BCUT2D eigenvalue weighted by Gasteiger charge is -2.25. The summed E-state index contributed by atoms with van der Waals surface area (Å²) in [5.74, 6) is -0.520. The Morgan fingerprint density at radius 3 is 2.72 bits per heavy atom. The molecule has 152 valence electrons. The van der Waals surface area contributed by atoms with Crippen LogP contribution >= 0.6 is 12.2 Å². The van der Waals surface area contributed by atoms with Gasteiger partial charge in [-0.1, -0.05) is 24.3 Å². The number of nitrogens with one attached hydrogen (secondary N) is 2. The molecule has 0 saturated heterocycles. The summed E-state index contributed by atoms with van der Waals surface area (Å²) in [5, 5.41) is 3.39. The molecule has 0 aliphatic rings. The molecule has 2 aromatic carbocycles. The summed E-state index contributed by atoms with van der Waals surface area (Å²) in [6, 6.07) is 13.3. The lowest BCUT2D eigenvalue weighted by atomic mass is 10.1. The summed E-state index contributed by atoms with van der Waals surface area (Å²) in [5.41, 5.74) is 1.23. The van der Waals surface area contributed by atoms with Crippen LogP contribution in [0, 0.1) is 10.6 Å². The van der Waals surface area contributed by atoms with E-state index in [1.165, 1.54) is 16.7 Å². The first-order valence-electron chi connectivity index (χ1n) is 9.27. The molecule has 1 amide bonds. The zero-order valence-corrected chi connectivity index (χ0v) is 17.1. The SMILES string of the molecule is CN(C)C(CNC(=O)CCn1c(=S)[nH]c2ccccc2c1=O)c1cccc(F)c1. The molecule has 2 N–H and O–H groups in total. The normalized spacial score (nSPS) is 12.3. The quantitative estimate of drug-likeness (QED) is 0.583. The lowest BCUT2D eigenvalue weighted by Crippen LogP contribution is -2.35. The molecule has 1 unspecified atom stereocenters. The first-order chi connectivity index (χ1) is 13.9. The maximum Gasteiger partial charge on any atom is 0.262 e. The van der Waals surface area contributed by atoms with Crippen LogP contribution in [0.2, 0.25) is 0 Å². The molecule has 0 radical (unpaired) electrons. The topological polar surface area (TPSA) is 70.1 Å². The van der Waals surface area contributed by atoms with Crippen LogP contribution in [0.3, 0.4) is 0 Å². The Kier molecular flexibility index (Phi) is 6.56. The predicted octanol–water partition coefficient (Wildman–Crippen LogP) is 3.01. The van der Waals surface area contributed by atoms with Gasteiger partial charge in [0.25, 0.3) is 5.56 Å². The number of halogens is 1. The average molecular weight is 415 g/mol. The summed E-state index contributed by atoms with van der Waals surface area (Å²) in [6.07, 6.45) is 0.110. The van der Waals surface area contributed by atoms with Crippen LogP contribution in [0.1, 0.15) is 18.0 Å². The number of amides is 1. The monoisotopic (exact) mass is 414 g/mol. The van der Waals surface area contributed by atoms with E-state index in [1.807, 2.05) is 31.1 Å². The first kappa shape index (κ1) is 20.9. The van der Waals surface area contributed by atoms with Gasteiger partial charge in [0.1, 0.15) is 5.82 Å². The van der Waals surface area contributed by atoms with Crippen molar-refractivity contribution >= 4 is 29.0 Å². The number of aromatic nitrogens is 2. The number of H-pyrrole nitrogens is 1. The number of aromatic amines is 1. The Bertz CT molecular complexity index is 1140. The van der Waals surface area contributed by atoms with Gasteiger partial charge in [-0.25, -0.2) is 4.39 Å². The van der Waals surface area contributed by atoms with E-state index in [2.05, 4.69) is 10.3 Å². The molecule has 0 fully saturated rings. The number of nitrogens with zero attached hydrogens (tertiary/aromatic N) is 2. The van der Waals surface area contributed by atoms with Gasteiger partial charge in [0.2, 0.25) is 5.91 Å². The van der Waals surface area contributed by atoms with Crippen LogP contribution in [0.4, 0.5) is 4.39 Å². The van der Waals surface area contributed by atoms with Crippen LogP contribution in [0.5, 0.6) is 0 Å². The standard InChI is InChI=1S/C21H23FN4O2S/c1-25(2)18(14-6-5-7-15(22)12-14)13-23-19(27)10-11-26-20(28)16-8-3-4-9-17(16)24-21(26)29/h3-9,12,18H,10-11,13H2,1-2H3,(H,23,27)(H,24,29). The Hall–Kier alpha value is -2.84. The summed E-state index contributed by atoms with van der Waals surface area (Å²) < 4.78 is 15.2. The molecule has 0 aliphatic carbocycles. The third-order valence-electron chi connectivity index (χ3n) is 4.80. The van der Waals surface area contributed by atoms with Crippen molar-refractivity contribution in [3.63, 3.8) is 0 Å². The van der Waals surface area contributed by atoms with Crippen LogP contribution in [-0.4, -0.2) is 41.0 Å². The van der Waals surface area contributed by atoms with Gasteiger partial charge in [0, 0.05) is 19.5 Å². The highest BCUT2D eigenvalue weighted by molar-refractivity contribution is 7.71. The zero-order valence-electron chi connectivity index (χ0n) is 16.3. The van der Waals surface area contributed by atoms with Gasteiger partial charge in [-0.05, 0) is 56.1 Å². The number of carbonyl (C=O) groups is 1. The fourth-order valence-electron chi connectivity index (χ4n) is 3.23. The molecule has 3 rings (SSSR count). The second-order valence-corrected chi connectivity index (χ2v) is 7.41. The number of carbonyl (C=O) groups excluding carboxylic acids is 1. The highest BCUT2D eigenvalue weighted by Crippen LogP contribution is 2.18. The van der Waals surface area contributed by atoms with Crippen molar-refractivity contribution in [2.24, 2.45) is 0 Å². The van der Waals surface area contributed by atoms with Gasteiger partial charge in [0.15, 0.2) is 4.77 Å². The number of rotatable bonds is 7. The number of fused-ring (bicyclic) bond motifs is 1. The number of hydrogen-bond donors (Lipinski definition) is 2. The molecule has 8 heteroatoms. The highest BCUT2D eigenvalue weighted by Gasteiger charge is 2.16.